The SMILES string of the molecule is CCCN(CC(=O)O)C(=O)c1ccc(OC)c(OC(F)F)c1. The zero-order valence-corrected chi connectivity index (χ0v) is 12.2. The second kappa shape index (κ2) is 8.16. The van der Waals surface area contributed by atoms with Crippen LogP contribution in [0.4, 0.5) is 8.78 Å². The molecule has 0 radical (unpaired) electrons. The predicted octanol–water partition coefficient (Wildman–Crippen LogP) is 2.23. The Bertz CT molecular complexity index is 536. The number of amides is 1. The highest BCUT2D eigenvalue weighted by molar-refractivity contribution is 5.96. The Kier molecular flexibility index (Phi) is 6.55. The summed E-state index contributed by atoms with van der Waals surface area (Å²) in [4.78, 5) is 24.2. The monoisotopic (exact) mass is 317 g/mol. The Hall–Kier alpha value is -2.38. The molecule has 1 aromatic carbocycles. The number of rotatable bonds is 8. The number of nitrogens with zero attached hydrogens (tertiary/aromatic N) is 1. The number of carboxylic acids is 1. The number of hydrogen-bond acceptors (Lipinski definition) is 4. The highest BCUT2D eigenvalue weighted by Crippen LogP contribution is 2.30. The summed E-state index contributed by atoms with van der Waals surface area (Å²) < 4.78 is 33.9. The van der Waals surface area contributed by atoms with E-state index in [0.29, 0.717) is 6.42 Å². The van der Waals surface area contributed by atoms with Crippen molar-refractivity contribution < 1.29 is 33.0 Å². The van der Waals surface area contributed by atoms with E-state index in [4.69, 9.17) is 9.84 Å². The number of hydrogen-bond donors (Lipinski definition) is 1. The average Bonchev–Trinajstić information content (AvgIpc) is 2.45. The van der Waals surface area contributed by atoms with Crippen LogP contribution in [0.2, 0.25) is 0 Å². The number of methoxy groups -OCH3 is 1. The molecule has 0 bridgehead atoms. The van der Waals surface area contributed by atoms with Gasteiger partial charge in [0, 0.05) is 12.1 Å². The Morgan fingerprint density at radius 2 is 2.00 bits per heavy atom. The van der Waals surface area contributed by atoms with Gasteiger partial charge in [-0.2, -0.15) is 8.78 Å². The molecule has 0 aliphatic rings. The molecule has 1 N–H and O–H groups in total. The highest BCUT2D eigenvalue weighted by Gasteiger charge is 2.20. The number of carboxylic acid groups (broad SMARTS) is 1. The van der Waals surface area contributed by atoms with Crippen molar-refractivity contribution in [3.8, 4) is 11.5 Å². The maximum atomic E-state index is 12.4. The summed E-state index contributed by atoms with van der Waals surface area (Å²) in [5.74, 6) is -1.96. The number of carbonyl (C=O) groups is 2. The van der Waals surface area contributed by atoms with Gasteiger partial charge >= 0.3 is 12.6 Å². The van der Waals surface area contributed by atoms with Gasteiger partial charge in [-0.1, -0.05) is 6.92 Å². The van der Waals surface area contributed by atoms with Gasteiger partial charge in [0.1, 0.15) is 6.54 Å². The van der Waals surface area contributed by atoms with Crippen LogP contribution in [0.1, 0.15) is 23.7 Å². The number of aliphatic carboxylic acids is 1. The molecule has 8 heteroatoms. The maximum absolute atomic E-state index is 12.4. The van der Waals surface area contributed by atoms with Crippen molar-refractivity contribution in [1.29, 1.82) is 0 Å². The second-order valence-corrected chi connectivity index (χ2v) is 4.36. The molecular formula is C14H17F2NO5. The molecule has 0 spiro atoms. The zero-order chi connectivity index (χ0) is 16.7. The molecule has 0 aliphatic heterocycles. The summed E-state index contributed by atoms with van der Waals surface area (Å²) in [5, 5.41) is 8.82. The van der Waals surface area contributed by atoms with Gasteiger partial charge in [-0.15, -0.1) is 0 Å². The van der Waals surface area contributed by atoms with E-state index >= 15 is 0 Å². The van der Waals surface area contributed by atoms with Crippen LogP contribution in [0.3, 0.4) is 0 Å². The third-order valence-electron chi connectivity index (χ3n) is 2.73. The summed E-state index contributed by atoms with van der Waals surface area (Å²) in [6, 6.07) is 3.79. The normalized spacial score (nSPS) is 10.4. The molecule has 0 unspecified atom stereocenters. The lowest BCUT2D eigenvalue weighted by Crippen LogP contribution is -2.36. The Balaban J connectivity index is 3.07. The fourth-order valence-corrected chi connectivity index (χ4v) is 1.87. The van der Waals surface area contributed by atoms with Gasteiger partial charge in [-0.25, -0.2) is 0 Å². The second-order valence-electron chi connectivity index (χ2n) is 4.36. The van der Waals surface area contributed by atoms with Gasteiger partial charge in [0.15, 0.2) is 11.5 Å². The molecule has 6 nitrogen and oxygen atoms in total. The quantitative estimate of drug-likeness (QED) is 0.796. The third-order valence-corrected chi connectivity index (χ3v) is 2.73. The molecule has 0 aliphatic carbocycles. The minimum absolute atomic E-state index is 0.0474. The van der Waals surface area contributed by atoms with Crippen molar-refractivity contribution >= 4 is 11.9 Å². The van der Waals surface area contributed by atoms with Crippen molar-refractivity contribution in [1.82, 2.24) is 4.90 Å². The standard InChI is InChI=1S/C14H17F2NO5/c1-3-6-17(8-12(18)19)13(20)9-4-5-10(21-2)11(7-9)22-14(15)16/h4-5,7,14H,3,6,8H2,1-2H3,(H,18,19). The van der Waals surface area contributed by atoms with Crippen LogP contribution in [-0.4, -0.2) is 48.7 Å². The van der Waals surface area contributed by atoms with E-state index in [1.165, 1.54) is 19.2 Å². The highest BCUT2D eigenvalue weighted by atomic mass is 19.3. The van der Waals surface area contributed by atoms with Crippen LogP contribution in [0, 0.1) is 0 Å². The number of ether oxygens (including phenoxy) is 2. The Morgan fingerprint density at radius 3 is 2.50 bits per heavy atom. The number of halogens is 2. The molecule has 122 valence electrons. The van der Waals surface area contributed by atoms with Crippen LogP contribution < -0.4 is 9.47 Å². The predicted molar refractivity (Wildman–Crippen MR) is 73.5 cm³/mol. The first kappa shape index (κ1) is 17.7. The first-order valence-corrected chi connectivity index (χ1v) is 6.53. The van der Waals surface area contributed by atoms with Crippen molar-refractivity contribution in [2.24, 2.45) is 0 Å². The van der Waals surface area contributed by atoms with E-state index in [0.717, 1.165) is 11.0 Å². The minimum Gasteiger partial charge on any atom is -0.493 e. The molecule has 0 saturated carbocycles. The molecule has 0 saturated heterocycles. The van der Waals surface area contributed by atoms with Crippen molar-refractivity contribution in [2.45, 2.75) is 20.0 Å². The topological polar surface area (TPSA) is 76.1 Å². The largest absolute Gasteiger partial charge is 0.493 e. The van der Waals surface area contributed by atoms with Crippen molar-refractivity contribution in [2.75, 3.05) is 20.2 Å². The third kappa shape index (κ3) is 4.87. The molecule has 1 rings (SSSR count). The number of benzene rings is 1. The summed E-state index contributed by atoms with van der Waals surface area (Å²) in [6.45, 7) is -1.50. The lowest BCUT2D eigenvalue weighted by Gasteiger charge is -2.20. The average molecular weight is 317 g/mol. The lowest BCUT2D eigenvalue weighted by molar-refractivity contribution is -0.137. The fourth-order valence-electron chi connectivity index (χ4n) is 1.87. The summed E-state index contributed by atoms with van der Waals surface area (Å²) in [5.41, 5.74) is 0.0474. The van der Waals surface area contributed by atoms with E-state index in [2.05, 4.69) is 4.74 Å². The fraction of sp³-hybridized carbons (Fsp3) is 0.429. The summed E-state index contributed by atoms with van der Waals surface area (Å²) in [7, 11) is 1.28. The van der Waals surface area contributed by atoms with Gasteiger partial charge in [-0.05, 0) is 24.6 Å². The smallest absolute Gasteiger partial charge is 0.387 e. The van der Waals surface area contributed by atoms with Crippen LogP contribution in [0.5, 0.6) is 11.5 Å². The maximum Gasteiger partial charge on any atom is 0.387 e. The van der Waals surface area contributed by atoms with E-state index in [-0.39, 0.29) is 23.6 Å². The van der Waals surface area contributed by atoms with Gasteiger partial charge < -0.3 is 19.5 Å². The molecule has 0 fully saturated rings. The zero-order valence-electron chi connectivity index (χ0n) is 12.2. The molecule has 0 heterocycles. The van der Waals surface area contributed by atoms with Gasteiger partial charge in [0.2, 0.25) is 0 Å². The van der Waals surface area contributed by atoms with Gasteiger partial charge in [0.05, 0.1) is 7.11 Å². The summed E-state index contributed by atoms with van der Waals surface area (Å²) in [6.07, 6.45) is 0.565. The number of alkyl halides is 2. The van der Waals surface area contributed by atoms with E-state index < -0.39 is 25.0 Å². The van der Waals surface area contributed by atoms with Crippen LogP contribution >= 0.6 is 0 Å². The van der Waals surface area contributed by atoms with E-state index in [9.17, 15) is 18.4 Å². The van der Waals surface area contributed by atoms with Crippen LogP contribution in [0.15, 0.2) is 18.2 Å². The molecule has 0 atom stereocenters. The molecule has 22 heavy (non-hydrogen) atoms. The first-order valence-electron chi connectivity index (χ1n) is 6.53. The Morgan fingerprint density at radius 1 is 1.32 bits per heavy atom. The minimum atomic E-state index is -3.06. The van der Waals surface area contributed by atoms with Gasteiger partial charge in [-0.3, -0.25) is 9.59 Å². The van der Waals surface area contributed by atoms with Crippen molar-refractivity contribution in [3.05, 3.63) is 23.8 Å². The molecule has 1 amide bonds. The first-order chi connectivity index (χ1) is 10.4. The van der Waals surface area contributed by atoms with Gasteiger partial charge in [0.25, 0.3) is 5.91 Å². The molecule has 0 aromatic heterocycles. The van der Waals surface area contributed by atoms with E-state index in [1.54, 1.807) is 6.92 Å². The molecule has 1 aromatic rings. The number of carbonyl (C=O) groups excluding carboxylic acids is 1. The van der Waals surface area contributed by atoms with Crippen molar-refractivity contribution in [3.63, 3.8) is 0 Å². The van der Waals surface area contributed by atoms with Crippen LogP contribution in [0.25, 0.3) is 0 Å². The molecular weight excluding hydrogens is 300 g/mol. The Labute approximate surface area is 126 Å². The lowest BCUT2D eigenvalue weighted by atomic mass is 10.1. The summed E-state index contributed by atoms with van der Waals surface area (Å²) >= 11 is 0. The van der Waals surface area contributed by atoms with E-state index in [1.807, 2.05) is 0 Å². The van der Waals surface area contributed by atoms with Crippen LogP contribution in [-0.2, 0) is 4.79 Å².